The summed E-state index contributed by atoms with van der Waals surface area (Å²) in [7, 11) is 0. The number of nitrogens with zero attached hydrogens (tertiary/aromatic N) is 3. The second kappa shape index (κ2) is 6.73. The molecule has 0 aliphatic carbocycles. The summed E-state index contributed by atoms with van der Waals surface area (Å²) in [5, 5.41) is 2.42. The van der Waals surface area contributed by atoms with Gasteiger partial charge in [0.05, 0.1) is 16.7 Å². The van der Waals surface area contributed by atoms with Gasteiger partial charge in [0.2, 0.25) is 0 Å². The first-order valence-corrected chi connectivity index (χ1v) is 8.76. The second-order valence-electron chi connectivity index (χ2n) is 5.98. The minimum atomic E-state index is 0.00488. The molecule has 2 aromatic heterocycles. The molecular formula is C21H16ClN3O. The summed E-state index contributed by atoms with van der Waals surface area (Å²) < 4.78 is 1.74. The maximum Gasteiger partial charge on any atom is 0.250 e. The van der Waals surface area contributed by atoms with E-state index in [2.05, 4.69) is 9.98 Å². The van der Waals surface area contributed by atoms with Gasteiger partial charge in [0.15, 0.2) is 0 Å². The third kappa shape index (κ3) is 3.00. The second-order valence-corrected chi connectivity index (χ2v) is 6.34. The maximum atomic E-state index is 11.9. The van der Waals surface area contributed by atoms with E-state index < -0.39 is 0 Å². The Morgan fingerprint density at radius 3 is 2.77 bits per heavy atom. The van der Waals surface area contributed by atoms with Crippen LogP contribution in [-0.2, 0) is 6.54 Å². The number of halogens is 1. The molecule has 26 heavy (non-hydrogen) atoms. The quantitative estimate of drug-likeness (QED) is 0.382. The van der Waals surface area contributed by atoms with Crippen LogP contribution in [0.25, 0.3) is 21.8 Å². The van der Waals surface area contributed by atoms with Gasteiger partial charge in [-0.15, -0.1) is 0 Å². The zero-order chi connectivity index (χ0) is 18.1. The lowest BCUT2D eigenvalue weighted by Gasteiger charge is -2.07. The lowest BCUT2D eigenvalue weighted by atomic mass is 10.1. The van der Waals surface area contributed by atoms with E-state index in [1.807, 2.05) is 61.5 Å². The van der Waals surface area contributed by atoms with Crippen molar-refractivity contribution in [3.05, 3.63) is 81.7 Å². The predicted octanol–water partition coefficient (Wildman–Crippen LogP) is 4.97. The van der Waals surface area contributed by atoms with E-state index in [4.69, 9.17) is 11.6 Å². The van der Waals surface area contributed by atoms with E-state index in [-0.39, 0.29) is 5.56 Å². The first-order chi connectivity index (χ1) is 12.7. The van der Waals surface area contributed by atoms with E-state index in [9.17, 15) is 4.79 Å². The van der Waals surface area contributed by atoms with Crippen molar-refractivity contribution >= 4 is 45.3 Å². The van der Waals surface area contributed by atoms with Crippen LogP contribution in [0, 0.1) is 0 Å². The lowest BCUT2D eigenvalue weighted by Crippen LogP contribution is -2.17. The highest BCUT2D eigenvalue weighted by Gasteiger charge is 2.04. The van der Waals surface area contributed by atoms with Gasteiger partial charge in [-0.3, -0.25) is 9.79 Å². The maximum absolute atomic E-state index is 11.9. The van der Waals surface area contributed by atoms with E-state index >= 15 is 0 Å². The van der Waals surface area contributed by atoms with Gasteiger partial charge in [0.1, 0.15) is 5.15 Å². The highest BCUT2D eigenvalue weighted by Crippen LogP contribution is 2.22. The Hall–Kier alpha value is -2.98. The van der Waals surface area contributed by atoms with Crippen LogP contribution in [0.4, 0.5) is 5.69 Å². The van der Waals surface area contributed by atoms with Crippen molar-refractivity contribution in [1.82, 2.24) is 9.55 Å². The normalized spacial score (nSPS) is 11.6. The Morgan fingerprint density at radius 2 is 1.92 bits per heavy atom. The van der Waals surface area contributed by atoms with Gasteiger partial charge >= 0.3 is 0 Å². The standard InChI is InChI=1S/C21H16ClN3O/c1-2-25-19-9-8-17(12-15(19)7-10-20(25)26)23-13-16-11-14-5-3-4-6-18(14)24-21(16)22/h3-13H,2H2,1H3. The van der Waals surface area contributed by atoms with Gasteiger partial charge in [0, 0.05) is 35.2 Å². The summed E-state index contributed by atoms with van der Waals surface area (Å²) in [4.78, 5) is 20.9. The van der Waals surface area contributed by atoms with Crippen LogP contribution in [-0.4, -0.2) is 15.8 Å². The molecule has 0 saturated heterocycles. The first-order valence-electron chi connectivity index (χ1n) is 8.38. The fourth-order valence-electron chi connectivity index (χ4n) is 3.04. The minimum Gasteiger partial charge on any atom is -0.309 e. The van der Waals surface area contributed by atoms with Gasteiger partial charge in [-0.1, -0.05) is 29.8 Å². The lowest BCUT2D eigenvalue weighted by molar-refractivity contribution is 0.760. The van der Waals surface area contributed by atoms with Gasteiger partial charge in [-0.05, 0) is 43.3 Å². The molecule has 5 heteroatoms. The summed E-state index contributed by atoms with van der Waals surface area (Å²) in [6.45, 7) is 2.60. The smallest absolute Gasteiger partial charge is 0.250 e. The van der Waals surface area contributed by atoms with E-state index in [0.717, 1.165) is 33.1 Å². The van der Waals surface area contributed by atoms with Crippen LogP contribution in [0.1, 0.15) is 12.5 Å². The van der Waals surface area contributed by atoms with Crippen molar-refractivity contribution in [2.75, 3.05) is 0 Å². The summed E-state index contributed by atoms with van der Waals surface area (Å²) in [5.74, 6) is 0. The Bertz CT molecular complexity index is 1210. The van der Waals surface area contributed by atoms with Crippen molar-refractivity contribution < 1.29 is 0 Å². The van der Waals surface area contributed by atoms with Crippen LogP contribution >= 0.6 is 11.6 Å². The Balaban J connectivity index is 1.74. The first kappa shape index (κ1) is 16.5. The molecule has 4 rings (SSSR count). The average Bonchev–Trinajstić information content (AvgIpc) is 2.66. The fraction of sp³-hybridized carbons (Fsp3) is 0.0952. The van der Waals surface area contributed by atoms with E-state index in [0.29, 0.717) is 11.7 Å². The van der Waals surface area contributed by atoms with Crippen LogP contribution in [0.5, 0.6) is 0 Å². The fourth-order valence-corrected chi connectivity index (χ4v) is 3.24. The molecule has 0 unspecified atom stereocenters. The Labute approximate surface area is 155 Å². The van der Waals surface area contributed by atoms with Crippen molar-refractivity contribution in [2.45, 2.75) is 13.5 Å². The van der Waals surface area contributed by atoms with Crippen molar-refractivity contribution in [3.63, 3.8) is 0 Å². The van der Waals surface area contributed by atoms with Crippen molar-refractivity contribution in [3.8, 4) is 0 Å². The largest absolute Gasteiger partial charge is 0.309 e. The molecule has 128 valence electrons. The van der Waals surface area contributed by atoms with Gasteiger partial charge in [0.25, 0.3) is 5.56 Å². The van der Waals surface area contributed by atoms with Crippen molar-refractivity contribution in [2.24, 2.45) is 4.99 Å². The number of hydrogen-bond acceptors (Lipinski definition) is 3. The molecule has 4 nitrogen and oxygen atoms in total. The number of aromatic nitrogens is 2. The molecule has 2 heterocycles. The predicted molar refractivity (Wildman–Crippen MR) is 108 cm³/mol. The highest BCUT2D eigenvalue weighted by atomic mass is 35.5. The molecule has 0 atom stereocenters. The SMILES string of the molecule is CCn1c(=O)ccc2cc(N=Cc3cc4ccccc4nc3Cl)ccc21. The average molecular weight is 362 g/mol. The van der Waals surface area contributed by atoms with E-state index in [1.54, 1.807) is 16.8 Å². The Morgan fingerprint density at radius 1 is 1.08 bits per heavy atom. The Kier molecular flexibility index (Phi) is 4.27. The molecule has 0 saturated carbocycles. The number of aliphatic imine (C=N–C) groups is 1. The summed E-state index contributed by atoms with van der Waals surface area (Å²) in [6.07, 6.45) is 1.72. The van der Waals surface area contributed by atoms with Crippen molar-refractivity contribution in [1.29, 1.82) is 0 Å². The van der Waals surface area contributed by atoms with Gasteiger partial charge in [-0.25, -0.2) is 4.98 Å². The monoisotopic (exact) mass is 361 g/mol. The molecule has 0 amide bonds. The highest BCUT2D eigenvalue weighted by molar-refractivity contribution is 6.32. The third-order valence-electron chi connectivity index (χ3n) is 4.35. The minimum absolute atomic E-state index is 0.00488. The zero-order valence-corrected chi connectivity index (χ0v) is 14.9. The number of benzene rings is 2. The number of rotatable bonds is 3. The molecule has 2 aromatic carbocycles. The topological polar surface area (TPSA) is 47.2 Å². The number of hydrogen-bond donors (Lipinski definition) is 0. The summed E-state index contributed by atoms with van der Waals surface area (Å²) in [5.41, 5.74) is 3.33. The third-order valence-corrected chi connectivity index (χ3v) is 4.65. The summed E-state index contributed by atoms with van der Waals surface area (Å²) in [6, 6.07) is 19.0. The molecule has 0 fully saturated rings. The molecular weight excluding hydrogens is 346 g/mol. The number of para-hydroxylation sites is 1. The van der Waals surface area contributed by atoms with Gasteiger partial charge < -0.3 is 4.57 Å². The number of aryl methyl sites for hydroxylation is 1. The zero-order valence-electron chi connectivity index (χ0n) is 14.2. The molecule has 0 spiro atoms. The molecule has 0 aliphatic heterocycles. The molecule has 0 bridgehead atoms. The van der Waals surface area contributed by atoms with Crippen LogP contribution in [0.2, 0.25) is 5.15 Å². The molecule has 0 aliphatic rings. The van der Waals surface area contributed by atoms with Crippen LogP contribution < -0.4 is 5.56 Å². The number of fused-ring (bicyclic) bond motifs is 2. The van der Waals surface area contributed by atoms with Crippen LogP contribution in [0.3, 0.4) is 0 Å². The number of pyridine rings is 2. The molecule has 0 N–H and O–H groups in total. The summed E-state index contributed by atoms with van der Waals surface area (Å²) >= 11 is 6.28. The van der Waals surface area contributed by atoms with Crippen LogP contribution in [0.15, 0.2) is 70.5 Å². The van der Waals surface area contributed by atoms with E-state index in [1.165, 1.54) is 0 Å². The molecule has 0 radical (unpaired) electrons. The molecule has 4 aromatic rings. The van der Waals surface area contributed by atoms with Gasteiger partial charge in [-0.2, -0.15) is 0 Å².